The van der Waals surface area contributed by atoms with Gasteiger partial charge in [0.2, 0.25) is 12.3 Å². The number of likely N-dealkylation sites (tertiary alicyclic amines) is 1. The molecular weight excluding hydrogens is 458 g/mol. The molecule has 11 heteroatoms. The lowest BCUT2D eigenvalue weighted by Crippen LogP contribution is -2.44. The molecule has 0 aromatic heterocycles. The zero-order chi connectivity index (χ0) is 24.4. The van der Waals surface area contributed by atoms with E-state index in [2.05, 4.69) is 21.6 Å². The molecule has 182 valence electrons. The Bertz CT molecular complexity index is 1090. The number of dihydropyridines is 1. The summed E-state index contributed by atoms with van der Waals surface area (Å²) in [6.07, 6.45) is 1.28. The molecule has 4 unspecified atom stereocenters. The molecule has 2 amide bonds. The van der Waals surface area contributed by atoms with E-state index in [-0.39, 0.29) is 36.8 Å². The number of rotatable bonds is 7. The maximum atomic E-state index is 14.1. The first kappa shape index (κ1) is 24.1. The molecule has 4 N–H and O–H groups in total. The Kier molecular flexibility index (Phi) is 7.15. The number of hydrogen-bond acceptors (Lipinski definition) is 7. The van der Waals surface area contributed by atoms with Gasteiger partial charge >= 0.3 is 0 Å². The van der Waals surface area contributed by atoms with Crippen molar-refractivity contribution in [1.82, 2.24) is 14.9 Å². The summed E-state index contributed by atoms with van der Waals surface area (Å²) in [5.41, 5.74) is 8.98. The Morgan fingerprint density at radius 1 is 1.38 bits per heavy atom. The van der Waals surface area contributed by atoms with Crippen LogP contribution in [0.3, 0.4) is 0 Å². The number of para-hydroxylation sites is 1. The average Bonchev–Trinajstić information content (AvgIpc) is 3.16. The first-order chi connectivity index (χ1) is 16.3. The van der Waals surface area contributed by atoms with Gasteiger partial charge < -0.3 is 25.2 Å². The molecule has 0 spiro atoms. The van der Waals surface area contributed by atoms with Gasteiger partial charge in [0.15, 0.2) is 0 Å². The van der Waals surface area contributed by atoms with Crippen LogP contribution in [0.15, 0.2) is 52.7 Å². The predicted octanol–water partition coefficient (Wildman–Crippen LogP) is 0.469. The number of carbonyl (C=O) groups excluding carboxylic acids is 2. The van der Waals surface area contributed by atoms with Crippen LogP contribution in [0.25, 0.3) is 0 Å². The molecular formula is C23H28N5O5S-. The van der Waals surface area contributed by atoms with Gasteiger partial charge in [0.1, 0.15) is 11.6 Å². The molecule has 34 heavy (non-hydrogen) atoms. The quantitative estimate of drug-likeness (QED) is 0.377. The number of aliphatic imine (C=N–C) groups is 1. The second-order valence-electron chi connectivity index (χ2n) is 8.67. The molecule has 0 radical (unpaired) electrons. The molecule has 3 aliphatic rings. The number of amides is 2. The predicted molar refractivity (Wildman–Crippen MR) is 126 cm³/mol. The largest absolute Gasteiger partial charge is 0.760 e. The van der Waals surface area contributed by atoms with Crippen LogP contribution in [-0.2, 0) is 20.9 Å². The number of fused-ring (bicyclic) bond motifs is 1. The van der Waals surface area contributed by atoms with Gasteiger partial charge in [-0.25, -0.2) is 4.72 Å². The number of hydrogen-bond donors (Lipinski definition) is 3. The highest BCUT2D eigenvalue weighted by Crippen LogP contribution is 2.42. The SMILES string of the molecule is C=C1C(CNC=O)=C(N2CCC(NS(=O)[O-])C[C@@H](C3COc4ccccc43)C2=O)C(N)=NC1C. The number of amidine groups is 1. The average molecular weight is 487 g/mol. The molecule has 1 fully saturated rings. The fraction of sp³-hybridized carbons (Fsp3) is 0.435. The fourth-order valence-corrected chi connectivity index (χ4v) is 5.48. The summed E-state index contributed by atoms with van der Waals surface area (Å²) in [5.74, 6) is -0.0684. The normalized spacial score (nSPS) is 28.1. The van der Waals surface area contributed by atoms with E-state index in [1.165, 1.54) is 0 Å². The van der Waals surface area contributed by atoms with Gasteiger partial charge in [-0.2, -0.15) is 0 Å². The molecule has 0 bridgehead atoms. The van der Waals surface area contributed by atoms with Crippen LogP contribution in [0.4, 0.5) is 0 Å². The van der Waals surface area contributed by atoms with Gasteiger partial charge in [-0.05, 0) is 31.4 Å². The van der Waals surface area contributed by atoms with E-state index < -0.39 is 23.2 Å². The second-order valence-corrected chi connectivity index (χ2v) is 9.37. The topological polar surface area (TPSA) is 149 Å². The molecule has 1 saturated heterocycles. The van der Waals surface area contributed by atoms with Crippen LogP contribution < -0.4 is 20.5 Å². The summed E-state index contributed by atoms with van der Waals surface area (Å²) >= 11 is -2.47. The highest BCUT2D eigenvalue weighted by molar-refractivity contribution is 7.77. The van der Waals surface area contributed by atoms with E-state index in [1.54, 1.807) is 4.90 Å². The molecule has 5 atom stereocenters. The van der Waals surface area contributed by atoms with Crippen molar-refractivity contribution in [3.8, 4) is 5.75 Å². The highest BCUT2D eigenvalue weighted by Gasteiger charge is 2.43. The van der Waals surface area contributed by atoms with Crippen LogP contribution in [-0.4, -0.2) is 63.6 Å². The van der Waals surface area contributed by atoms with Crippen molar-refractivity contribution in [2.75, 3.05) is 19.7 Å². The van der Waals surface area contributed by atoms with Crippen LogP contribution >= 0.6 is 0 Å². The lowest BCUT2D eigenvalue weighted by Gasteiger charge is -2.34. The smallest absolute Gasteiger partial charge is 0.231 e. The molecule has 3 aliphatic heterocycles. The van der Waals surface area contributed by atoms with Gasteiger partial charge in [0.05, 0.1) is 24.3 Å². The van der Waals surface area contributed by atoms with Crippen molar-refractivity contribution in [3.63, 3.8) is 0 Å². The number of nitrogens with zero attached hydrogens (tertiary/aromatic N) is 2. The van der Waals surface area contributed by atoms with Crippen molar-refractivity contribution in [3.05, 3.63) is 53.3 Å². The molecule has 3 heterocycles. The third kappa shape index (κ3) is 4.63. The van der Waals surface area contributed by atoms with Crippen molar-refractivity contribution in [1.29, 1.82) is 0 Å². The lowest BCUT2D eigenvalue weighted by atomic mass is 9.82. The van der Waals surface area contributed by atoms with Crippen LogP contribution in [0.2, 0.25) is 0 Å². The van der Waals surface area contributed by atoms with E-state index in [0.717, 1.165) is 11.3 Å². The monoisotopic (exact) mass is 486 g/mol. The Morgan fingerprint density at radius 3 is 2.88 bits per heavy atom. The van der Waals surface area contributed by atoms with Gasteiger partial charge in [-0.1, -0.05) is 24.8 Å². The maximum Gasteiger partial charge on any atom is 0.231 e. The van der Waals surface area contributed by atoms with Crippen LogP contribution in [0, 0.1) is 5.92 Å². The Hall–Kier alpha value is -3.02. The van der Waals surface area contributed by atoms with Gasteiger partial charge in [0.25, 0.3) is 0 Å². The summed E-state index contributed by atoms with van der Waals surface area (Å²) in [7, 11) is 0. The van der Waals surface area contributed by atoms with Crippen molar-refractivity contribution >= 4 is 29.4 Å². The highest BCUT2D eigenvalue weighted by atomic mass is 32.2. The number of ether oxygens (including phenoxy) is 1. The van der Waals surface area contributed by atoms with Crippen LogP contribution in [0.1, 0.15) is 31.2 Å². The molecule has 1 aromatic rings. The Morgan fingerprint density at radius 2 is 2.15 bits per heavy atom. The number of nitrogens with one attached hydrogen (secondary N) is 2. The fourth-order valence-electron chi connectivity index (χ4n) is 4.99. The van der Waals surface area contributed by atoms with Gasteiger partial charge in [-0.3, -0.25) is 18.8 Å². The van der Waals surface area contributed by atoms with E-state index in [0.29, 0.717) is 42.7 Å². The molecule has 0 saturated carbocycles. The first-order valence-electron chi connectivity index (χ1n) is 11.1. The Balaban J connectivity index is 1.76. The Labute approximate surface area is 200 Å². The van der Waals surface area contributed by atoms with Crippen molar-refractivity contribution < 1.29 is 23.1 Å². The number of carbonyl (C=O) groups is 2. The zero-order valence-corrected chi connectivity index (χ0v) is 19.7. The van der Waals surface area contributed by atoms with E-state index in [1.807, 2.05) is 31.2 Å². The summed E-state index contributed by atoms with van der Waals surface area (Å²) in [4.78, 5) is 31.1. The minimum atomic E-state index is -2.47. The van der Waals surface area contributed by atoms with E-state index in [4.69, 9.17) is 10.5 Å². The molecule has 4 rings (SSSR count). The standard InChI is InChI=1S/C23H29N5O5S/c1-13-14(2)26-22(24)21(18(13)10-25-12-29)28-8-7-15(27-34(31)32)9-17(23(28)30)19-11-33-20-6-4-3-5-16(19)20/h3-6,12,14-15,17,19,27H,1,7-11H2,2H3,(H2,24,26)(H,25,29)(H,31,32)/p-1/t14?,15?,17-,19?/m0/s1. The summed E-state index contributed by atoms with van der Waals surface area (Å²) in [6.45, 7) is 6.66. The maximum absolute atomic E-state index is 14.1. The lowest BCUT2D eigenvalue weighted by molar-refractivity contribution is -0.133. The summed E-state index contributed by atoms with van der Waals surface area (Å²) < 4.78 is 31.3. The number of nitrogens with two attached hydrogens (primary N) is 1. The van der Waals surface area contributed by atoms with Crippen molar-refractivity contribution in [2.24, 2.45) is 16.6 Å². The molecule has 10 nitrogen and oxygen atoms in total. The van der Waals surface area contributed by atoms with Crippen LogP contribution in [0.5, 0.6) is 5.75 Å². The van der Waals surface area contributed by atoms with Gasteiger partial charge in [0, 0.05) is 47.5 Å². The summed E-state index contributed by atoms with van der Waals surface area (Å²) in [5, 5.41) is 2.64. The summed E-state index contributed by atoms with van der Waals surface area (Å²) in [6, 6.07) is 6.83. The zero-order valence-electron chi connectivity index (χ0n) is 18.9. The molecule has 0 aliphatic carbocycles. The first-order valence-corrected chi connectivity index (χ1v) is 12.2. The minimum Gasteiger partial charge on any atom is -0.760 e. The minimum absolute atomic E-state index is 0.147. The van der Waals surface area contributed by atoms with E-state index >= 15 is 0 Å². The van der Waals surface area contributed by atoms with Crippen molar-refractivity contribution in [2.45, 2.75) is 37.8 Å². The second kappa shape index (κ2) is 10.1. The van der Waals surface area contributed by atoms with E-state index in [9.17, 15) is 18.4 Å². The molecule has 1 aromatic carbocycles. The van der Waals surface area contributed by atoms with Gasteiger partial charge in [-0.15, -0.1) is 0 Å². The third-order valence-corrected chi connectivity index (χ3v) is 7.22. The number of benzene rings is 1. The third-order valence-electron chi connectivity index (χ3n) is 6.69.